The first-order valence-corrected chi connectivity index (χ1v) is 9.73. The molecular weight excluding hydrogens is 390 g/mol. The Kier molecular flexibility index (Phi) is 6.03. The SMILES string of the molecule is CCN(CC)c1ccc(C=C2C(=O)N(c3ccc(Cl)c(C(=O)O)c3)N=C2C)cc1. The van der Waals surface area contributed by atoms with Gasteiger partial charge in [-0.2, -0.15) is 10.1 Å². The van der Waals surface area contributed by atoms with E-state index in [2.05, 4.69) is 23.8 Å². The maximum absolute atomic E-state index is 12.9. The fraction of sp³-hybridized carbons (Fsp3) is 0.227. The lowest BCUT2D eigenvalue weighted by Gasteiger charge is -2.20. The predicted molar refractivity (Wildman–Crippen MR) is 117 cm³/mol. The zero-order chi connectivity index (χ0) is 21.1. The lowest BCUT2D eigenvalue weighted by atomic mass is 10.1. The molecule has 0 fully saturated rings. The highest BCUT2D eigenvalue weighted by atomic mass is 35.5. The Bertz CT molecular complexity index is 1010. The molecule has 0 atom stereocenters. The number of rotatable bonds is 6. The number of aromatic carboxylic acids is 1. The van der Waals surface area contributed by atoms with Crippen molar-refractivity contribution < 1.29 is 14.7 Å². The standard InChI is InChI=1S/C22H22ClN3O3/c1-4-25(5-2)16-8-6-15(7-9-16)12-18-14(3)24-26(21(18)27)17-10-11-20(23)19(13-17)22(28)29/h6-13H,4-5H2,1-3H3,(H,28,29). The van der Waals surface area contributed by atoms with Crippen LogP contribution in [0.4, 0.5) is 11.4 Å². The van der Waals surface area contributed by atoms with Crippen LogP contribution >= 0.6 is 11.6 Å². The number of hydrazone groups is 1. The number of benzene rings is 2. The molecule has 1 amide bonds. The second-order valence-corrected chi connectivity index (χ2v) is 7.00. The van der Waals surface area contributed by atoms with Crippen LogP contribution in [0.5, 0.6) is 0 Å². The summed E-state index contributed by atoms with van der Waals surface area (Å²) in [6, 6.07) is 12.4. The van der Waals surface area contributed by atoms with Crippen LogP contribution in [0, 0.1) is 0 Å². The van der Waals surface area contributed by atoms with Crippen LogP contribution in [0.3, 0.4) is 0 Å². The van der Waals surface area contributed by atoms with Crippen molar-refractivity contribution in [1.82, 2.24) is 0 Å². The molecule has 0 bridgehead atoms. The first-order chi connectivity index (χ1) is 13.8. The minimum Gasteiger partial charge on any atom is -0.478 e. The maximum atomic E-state index is 12.9. The van der Waals surface area contributed by atoms with Gasteiger partial charge in [0.1, 0.15) is 0 Å². The van der Waals surface area contributed by atoms with Crippen LogP contribution < -0.4 is 9.91 Å². The molecule has 1 aliphatic heterocycles. The van der Waals surface area contributed by atoms with Gasteiger partial charge < -0.3 is 10.0 Å². The Hall–Kier alpha value is -3.12. The molecule has 1 N–H and O–H groups in total. The summed E-state index contributed by atoms with van der Waals surface area (Å²) in [5.74, 6) is -1.47. The van der Waals surface area contributed by atoms with Crippen molar-refractivity contribution in [3.05, 3.63) is 64.2 Å². The van der Waals surface area contributed by atoms with E-state index in [4.69, 9.17) is 11.6 Å². The van der Waals surface area contributed by atoms with Gasteiger partial charge in [-0.1, -0.05) is 23.7 Å². The Morgan fingerprint density at radius 2 is 1.83 bits per heavy atom. The Balaban J connectivity index is 1.88. The van der Waals surface area contributed by atoms with E-state index in [9.17, 15) is 14.7 Å². The molecule has 6 nitrogen and oxygen atoms in total. The van der Waals surface area contributed by atoms with Crippen LogP contribution in [-0.4, -0.2) is 35.8 Å². The highest BCUT2D eigenvalue weighted by Gasteiger charge is 2.29. The van der Waals surface area contributed by atoms with Gasteiger partial charge in [0.2, 0.25) is 0 Å². The van der Waals surface area contributed by atoms with Gasteiger partial charge in [0.05, 0.1) is 27.6 Å². The first kappa shape index (κ1) is 20.6. The number of carboxylic acid groups (broad SMARTS) is 1. The fourth-order valence-corrected chi connectivity index (χ4v) is 3.40. The van der Waals surface area contributed by atoms with Gasteiger partial charge in [-0.05, 0) is 62.7 Å². The number of hydrogen-bond acceptors (Lipinski definition) is 4. The summed E-state index contributed by atoms with van der Waals surface area (Å²) in [6.07, 6.45) is 1.79. The number of carboxylic acids is 1. The zero-order valence-corrected chi connectivity index (χ0v) is 17.3. The number of halogens is 1. The molecule has 3 rings (SSSR count). The van der Waals surface area contributed by atoms with Gasteiger partial charge >= 0.3 is 5.97 Å². The lowest BCUT2D eigenvalue weighted by molar-refractivity contribution is -0.114. The van der Waals surface area contributed by atoms with Crippen LogP contribution in [0.1, 0.15) is 36.7 Å². The Morgan fingerprint density at radius 1 is 1.17 bits per heavy atom. The van der Waals surface area contributed by atoms with Gasteiger partial charge in [0.15, 0.2) is 0 Å². The largest absolute Gasteiger partial charge is 0.478 e. The quantitative estimate of drug-likeness (QED) is 0.700. The molecule has 2 aromatic rings. The smallest absolute Gasteiger partial charge is 0.337 e. The Morgan fingerprint density at radius 3 is 2.41 bits per heavy atom. The molecular formula is C22H22ClN3O3. The Labute approximate surface area is 174 Å². The number of amides is 1. The van der Waals surface area contributed by atoms with Crippen molar-refractivity contribution in [1.29, 1.82) is 0 Å². The lowest BCUT2D eigenvalue weighted by Crippen LogP contribution is -2.22. The highest BCUT2D eigenvalue weighted by Crippen LogP contribution is 2.29. The molecule has 1 aliphatic rings. The van der Waals surface area contributed by atoms with E-state index >= 15 is 0 Å². The zero-order valence-electron chi connectivity index (χ0n) is 16.5. The molecule has 0 saturated heterocycles. The molecule has 0 aliphatic carbocycles. The van der Waals surface area contributed by atoms with Crippen molar-refractivity contribution in [2.45, 2.75) is 20.8 Å². The third kappa shape index (κ3) is 4.17. The summed E-state index contributed by atoms with van der Waals surface area (Å²) in [4.78, 5) is 26.5. The van der Waals surface area contributed by atoms with Gasteiger partial charge in [0.25, 0.3) is 5.91 Å². The number of carbonyl (C=O) groups is 2. The van der Waals surface area contributed by atoms with E-state index in [1.165, 1.54) is 17.1 Å². The normalized spacial score (nSPS) is 15.0. The molecule has 0 unspecified atom stereocenters. The third-order valence-corrected chi connectivity index (χ3v) is 5.15. The van der Waals surface area contributed by atoms with E-state index in [1.807, 2.05) is 24.3 Å². The second-order valence-electron chi connectivity index (χ2n) is 6.59. The summed E-state index contributed by atoms with van der Waals surface area (Å²) in [6.45, 7) is 7.82. The van der Waals surface area contributed by atoms with Crippen LogP contribution in [0.15, 0.2) is 53.1 Å². The predicted octanol–water partition coefficient (Wildman–Crippen LogP) is 4.69. The summed E-state index contributed by atoms with van der Waals surface area (Å²) >= 11 is 5.92. The average molecular weight is 412 g/mol. The fourth-order valence-electron chi connectivity index (χ4n) is 3.20. The summed E-state index contributed by atoms with van der Waals surface area (Å²) in [5.41, 5.74) is 3.33. The maximum Gasteiger partial charge on any atom is 0.337 e. The van der Waals surface area contributed by atoms with Gasteiger partial charge in [-0.15, -0.1) is 0 Å². The van der Waals surface area contributed by atoms with Gasteiger partial charge in [0, 0.05) is 18.8 Å². The highest BCUT2D eigenvalue weighted by molar-refractivity contribution is 6.34. The topological polar surface area (TPSA) is 73.2 Å². The summed E-state index contributed by atoms with van der Waals surface area (Å²) in [5, 5.41) is 14.9. The molecule has 0 spiro atoms. The van der Waals surface area contributed by atoms with Crippen molar-refractivity contribution >= 4 is 46.6 Å². The molecule has 29 heavy (non-hydrogen) atoms. The van der Waals surface area contributed by atoms with Crippen molar-refractivity contribution in [2.75, 3.05) is 23.0 Å². The molecule has 0 aromatic heterocycles. The minimum absolute atomic E-state index is 0.0748. The third-order valence-electron chi connectivity index (χ3n) is 4.82. The van der Waals surface area contributed by atoms with E-state index in [0.29, 0.717) is 17.0 Å². The molecule has 0 radical (unpaired) electrons. The molecule has 2 aromatic carbocycles. The molecule has 7 heteroatoms. The van der Waals surface area contributed by atoms with Gasteiger partial charge in [-0.25, -0.2) is 4.79 Å². The minimum atomic E-state index is -1.16. The average Bonchev–Trinajstić information content (AvgIpc) is 2.98. The summed E-state index contributed by atoms with van der Waals surface area (Å²) < 4.78 is 0. The van der Waals surface area contributed by atoms with Crippen molar-refractivity contribution in [3.63, 3.8) is 0 Å². The number of nitrogens with zero attached hydrogens (tertiary/aromatic N) is 3. The van der Waals surface area contributed by atoms with Crippen molar-refractivity contribution in [3.8, 4) is 0 Å². The molecule has 150 valence electrons. The van der Waals surface area contributed by atoms with E-state index < -0.39 is 5.97 Å². The van der Waals surface area contributed by atoms with E-state index in [-0.39, 0.29) is 16.5 Å². The van der Waals surface area contributed by atoms with Crippen LogP contribution in [0.2, 0.25) is 5.02 Å². The number of carbonyl (C=O) groups excluding carboxylic acids is 1. The molecule has 0 saturated carbocycles. The van der Waals surface area contributed by atoms with Crippen LogP contribution in [0.25, 0.3) is 6.08 Å². The first-order valence-electron chi connectivity index (χ1n) is 9.35. The van der Waals surface area contributed by atoms with Crippen molar-refractivity contribution in [2.24, 2.45) is 5.10 Å². The van der Waals surface area contributed by atoms with Crippen LogP contribution in [-0.2, 0) is 4.79 Å². The number of anilines is 2. The summed E-state index contributed by atoms with van der Waals surface area (Å²) in [7, 11) is 0. The van der Waals surface area contributed by atoms with E-state index in [1.54, 1.807) is 19.1 Å². The second kappa shape index (κ2) is 8.49. The number of hydrogen-bond donors (Lipinski definition) is 1. The van der Waals surface area contributed by atoms with E-state index in [0.717, 1.165) is 24.3 Å². The molecule has 1 heterocycles. The monoisotopic (exact) mass is 411 g/mol. The van der Waals surface area contributed by atoms with Gasteiger partial charge in [-0.3, -0.25) is 4.79 Å².